The molecule has 4 aromatic rings. The molecular formula is C21H20N4O2. The van der Waals surface area contributed by atoms with Crippen LogP contribution in [0.1, 0.15) is 11.3 Å². The number of para-hydroxylation sites is 1. The first-order valence-corrected chi connectivity index (χ1v) is 8.91. The number of aromatic amines is 1. The Morgan fingerprint density at radius 2 is 1.78 bits per heavy atom. The van der Waals surface area contributed by atoms with Crippen LogP contribution in [0.2, 0.25) is 0 Å². The predicted molar refractivity (Wildman–Crippen MR) is 106 cm³/mol. The van der Waals surface area contributed by atoms with Crippen molar-refractivity contribution in [3.63, 3.8) is 0 Å². The van der Waals surface area contributed by atoms with Crippen LogP contribution in [0, 0.1) is 6.92 Å². The fourth-order valence-electron chi connectivity index (χ4n) is 3.38. The molecule has 0 unspecified atom stereocenters. The molecule has 27 heavy (non-hydrogen) atoms. The van der Waals surface area contributed by atoms with E-state index in [4.69, 9.17) is 0 Å². The minimum atomic E-state index is -0.247. The topological polar surface area (TPSA) is 79.8 Å². The summed E-state index contributed by atoms with van der Waals surface area (Å²) < 4.78 is 1.23. The van der Waals surface area contributed by atoms with Crippen LogP contribution >= 0.6 is 0 Å². The number of benzene rings is 2. The molecule has 0 aliphatic heterocycles. The van der Waals surface area contributed by atoms with E-state index in [9.17, 15) is 9.59 Å². The van der Waals surface area contributed by atoms with Gasteiger partial charge in [-0.25, -0.2) is 4.68 Å². The Balaban J connectivity index is 1.43. The van der Waals surface area contributed by atoms with E-state index < -0.39 is 0 Å². The second-order valence-electron chi connectivity index (χ2n) is 6.55. The summed E-state index contributed by atoms with van der Waals surface area (Å²) in [5.41, 5.74) is 2.73. The first kappa shape index (κ1) is 17.0. The van der Waals surface area contributed by atoms with Crippen LogP contribution < -0.4 is 10.9 Å². The van der Waals surface area contributed by atoms with Gasteiger partial charge >= 0.3 is 0 Å². The average molecular weight is 360 g/mol. The van der Waals surface area contributed by atoms with Crippen LogP contribution in [0.3, 0.4) is 0 Å². The predicted octanol–water partition coefficient (Wildman–Crippen LogP) is 2.55. The number of aromatic nitrogens is 3. The van der Waals surface area contributed by atoms with Crippen LogP contribution in [0.4, 0.5) is 0 Å². The fourth-order valence-corrected chi connectivity index (χ4v) is 3.38. The zero-order valence-corrected chi connectivity index (χ0v) is 15.0. The van der Waals surface area contributed by atoms with Gasteiger partial charge in [0.15, 0.2) is 0 Å². The van der Waals surface area contributed by atoms with Crippen molar-refractivity contribution < 1.29 is 4.79 Å². The van der Waals surface area contributed by atoms with Gasteiger partial charge < -0.3 is 10.3 Å². The summed E-state index contributed by atoms with van der Waals surface area (Å²) in [6.07, 6.45) is 2.68. The lowest BCUT2D eigenvalue weighted by molar-refractivity contribution is -0.121. The molecule has 0 atom stereocenters. The molecule has 0 saturated heterocycles. The fraction of sp³-hybridized carbons (Fsp3) is 0.190. The highest BCUT2D eigenvalue weighted by molar-refractivity contribution is 5.84. The third-order valence-electron chi connectivity index (χ3n) is 4.74. The SMILES string of the molecule is Cc1nn(CC(=O)NCCc2c[nH]c3ccccc23)c(=O)c2ccccc12. The largest absolute Gasteiger partial charge is 0.361 e. The minimum absolute atomic E-state index is 0.0849. The van der Waals surface area contributed by atoms with E-state index in [1.165, 1.54) is 4.68 Å². The monoisotopic (exact) mass is 360 g/mol. The van der Waals surface area contributed by atoms with Gasteiger partial charge in [0.25, 0.3) is 5.56 Å². The van der Waals surface area contributed by atoms with Gasteiger partial charge in [-0.2, -0.15) is 5.10 Å². The number of nitrogens with zero attached hydrogens (tertiary/aromatic N) is 2. The number of hydrogen-bond acceptors (Lipinski definition) is 3. The Morgan fingerprint density at radius 1 is 1.07 bits per heavy atom. The van der Waals surface area contributed by atoms with E-state index in [-0.39, 0.29) is 18.0 Å². The summed E-state index contributed by atoms with van der Waals surface area (Å²) in [6.45, 7) is 2.26. The van der Waals surface area contributed by atoms with Gasteiger partial charge in [0.2, 0.25) is 5.91 Å². The summed E-state index contributed by atoms with van der Waals surface area (Å²) in [7, 11) is 0. The summed E-state index contributed by atoms with van der Waals surface area (Å²) in [5, 5.41) is 9.71. The van der Waals surface area contributed by atoms with Gasteiger partial charge in [-0.3, -0.25) is 9.59 Å². The van der Waals surface area contributed by atoms with Crippen LogP contribution in [0.25, 0.3) is 21.7 Å². The smallest absolute Gasteiger partial charge is 0.275 e. The minimum Gasteiger partial charge on any atom is -0.361 e. The molecule has 4 rings (SSSR count). The maximum Gasteiger partial charge on any atom is 0.275 e. The standard InChI is InChI=1S/C21H20N4O2/c1-14-16-6-2-3-8-18(16)21(27)25(24-14)13-20(26)22-11-10-15-12-23-19-9-5-4-7-17(15)19/h2-9,12,23H,10-11,13H2,1H3,(H,22,26). The molecule has 2 aromatic carbocycles. The average Bonchev–Trinajstić information content (AvgIpc) is 3.09. The zero-order chi connectivity index (χ0) is 18.8. The number of fused-ring (bicyclic) bond motifs is 2. The quantitative estimate of drug-likeness (QED) is 0.574. The van der Waals surface area contributed by atoms with Gasteiger partial charge in [-0.1, -0.05) is 36.4 Å². The number of H-pyrrole nitrogens is 1. The summed E-state index contributed by atoms with van der Waals surface area (Å²) in [5.74, 6) is -0.223. The van der Waals surface area contributed by atoms with E-state index >= 15 is 0 Å². The Kier molecular flexibility index (Phi) is 4.46. The highest BCUT2D eigenvalue weighted by atomic mass is 16.2. The Labute approximate surface area is 155 Å². The van der Waals surface area contributed by atoms with E-state index in [1.54, 1.807) is 6.07 Å². The van der Waals surface area contributed by atoms with Gasteiger partial charge in [0, 0.05) is 29.0 Å². The van der Waals surface area contributed by atoms with Crippen LogP contribution in [0.15, 0.2) is 59.5 Å². The highest BCUT2D eigenvalue weighted by Gasteiger charge is 2.11. The Hall–Kier alpha value is -3.41. The van der Waals surface area contributed by atoms with Crippen molar-refractivity contribution in [2.24, 2.45) is 0 Å². The number of nitrogens with one attached hydrogen (secondary N) is 2. The molecule has 0 saturated carbocycles. The summed E-state index contributed by atoms with van der Waals surface area (Å²) >= 11 is 0. The van der Waals surface area contributed by atoms with Crippen LogP contribution in [-0.2, 0) is 17.8 Å². The number of amides is 1. The normalized spacial score (nSPS) is 11.1. The summed E-state index contributed by atoms with van der Waals surface area (Å²) in [4.78, 5) is 28.1. The lowest BCUT2D eigenvalue weighted by Crippen LogP contribution is -2.35. The first-order valence-electron chi connectivity index (χ1n) is 8.91. The molecule has 0 bridgehead atoms. The number of rotatable bonds is 5. The summed E-state index contributed by atoms with van der Waals surface area (Å²) in [6, 6.07) is 15.4. The van der Waals surface area contributed by atoms with E-state index in [0.717, 1.165) is 34.0 Å². The van der Waals surface area contributed by atoms with Crippen LogP contribution in [0.5, 0.6) is 0 Å². The van der Waals surface area contributed by atoms with Gasteiger partial charge in [-0.15, -0.1) is 0 Å². The Morgan fingerprint density at radius 3 is 2.59 bits per heavy atom. The molecule has 0 spiro atoms. The molecule has 0 aliphatic rings. The van der Waals surface area contributed by atoms with Gasteiger partial charge in [0.1, 0.15) is 6.54 Å². The number of hydrogen-bond donors (Lipinski definition) is 2. The molecule has 1 amide bonds. The van der Waals surface area contributed by atoms with Crippen molar-refractivity contribution in [2.75, 3.05) is 6.54 Å². The van der Waals surface area contributed by atoms with Gasteiger partial charge in [0.05, 0.1) is 11.1 Å². The van der Waals surface area contributed by atoms with Crippen molar-refractivity contribution in [3.8, 4) is 0 Å². The van der Waals surface area contributed by atoms with Crippen molar-refractivity contribution >= 4 is 27.6 Å². The first-order chi connectivity index (χ1) is 13.1. The lowest BCUT2D eigenvalue weighted by atomic mass is 10.1. The van der Waals surface area contributed by atoms with Crippen molar-refractivity contribution in [3.05, 3.63) is 76.3 Å². The zero-order valence-electron chi connectivity index (χ0n) is 15.0. The maximum atomic E-state index is 12.5. The third kappa shape index (κ3) is 3.33. The van der Waals surface area contributed by atoms with Crippen molar-refractivity contribution in [1.29, 1.82) is 0 Å². The molecule has 2 aromatic heterocycles. The maximum absolute atomic E-state index is 12.5. The van der Waals surface area contributed by atoms with Crippen molar-refractivity contribution in [1.82, 2.24) is 20.1 Å². The molecule has 0 fully saturated rings. The van der Waals surface area contributed by atoms with Gasteiger partial charge in [-0.05, 0) is 31.0 Å². The Bertz CT molecular complexity index is 1190. The number of carbonyl (C=O) groups excluding carboxylic acids is 1. The molecule has 136 valence electrons. The number of carbonyl (C=O) groups is 1. The highest BCUT2D eigenvalue weighted by Crippen LogP contribution is 2.17. The molecule has 0 aliphatic carbocycles. The molecule has 6 heteroatoms. The molecule has 0 radical (unpaired) electrons. The number of aryl methyl sites for hydroxylation is 1. The van der Waals surface area contributed by atoms with E-state index in [1.807, 2.05) is 49.5 Å². The third-order valence-corrected chi connectivity index (χ3v) is 4.74. The molecule has 2 N–H and O–H groups in total. The second kappa shape index (κ2) is 7.07. The lowest BCUT2D eigenvalue weighted by Gasteiger charge is -2.09. The van der Waals surface area contributed by atoms with Crippen molar-refractivity contribution in [2.45, 2.75) is 19.9 Å². The molecular weight excluding hydrogens is 340 g/mol. The van der Waals surface area contributed by atoms with Crippen LogP contribution in [-0.4, -0.2) is 27.2 Å². The molecule has 2 heterocycles. The van der Waals surface area contributed by atoms with E-state index in [2.05, 4.69) is 21.5 Å². The van der Waals surface area contributed by atoms with E-state index in [0.29, 0.717) is 11.9 Å². The molecule has 6 nitrogen and oxygen atoms in total. The second-order valence-corrected chi connectivity index (χ2v) is 6.55.